The summed E-state index contributed by atoms with van der Waals surface area (Å²) in [6.07, 6.45) is 0.850. The standard InChI is InChI=1S/C27H29NO4/c1-16(2)32-27(30)24-17(3)28-21-14-19(18-10-6-5-7-11-18)15-22(29)26(21)25(24)20-12-8-9-13-23(20)31-4/h5-13,16,19,25,28H,14-15H2,1-4H3/t19-,25-/m1/s1. The summed E-state index contributed by atoms with van der Waals surface area (Å²) in [7, 11) is 1.60. The van der Waals surface area contributed by atoms with E-state index in [0.717, 1.165) is 16.8 Å². The fourth-order valence-corrected chi connectivity index (χ4v) is 4.76. The number of para-hydroxylation sites is 1. The molecule has 5 nitrogen and oxygen atoms in total. The zero-order valence-corrected chi connectivity index (χ0v) is 19.0. The Balaban J connectivity index is 1.84. The number of hydrogen-bond donors (Lipinski definition) is 1. The molecule has 2 aromatic rings. The minimum Gasteiger partial charge on any atom is -0.496 e. The lowest BCUT2D eigenvalue weighted by Crippen LogP contribution is -2.36. The van der Waals surface area contributed by atoms with E-state index in [4.69, 9.17) is 9.47 Å². The Morgan fingerprint density at radius 3 is 2.41 bits per heavy atom. The van der Waals surface area contributed by atoms with Crippen LogP contribution in [-0.4, -0.2) is 25.0 Å². The van der Waals surface area contributed by atoms with Gasteiger partial charge in [-0.1, -0.05) is 48.5 Å². The van der Waals surface area contributed by atoms with Crippen molar-refractivity contribution in [1.29, 1.82) is 0 Å². The average molecular weight is 432 g/mol. The van der Waals surface area contributed by atoms with Gasteiger partial charge in [0.15, 0.2) is 5.78 Å². The minimum atomic E-state index is -0.530. The SMILES string of the molecule is COc1ccccc1[C@@H]1C(C(=O)OC(C)C)=C(C)NC2=C1C(=O)C[C@H](c1ccccc1)C2. The van der Waals surface area contributed by atoms with Gasteiger partial charge in [-0.15, -0.1) is 0 Å². The molecule has 0 radical (unpaired) electrons. The molecule has 1 heterocycles. The van der Waals surface area contributed by atoms with Gasteiger partial charge in [-0.3, -0.25) is 4.79 Å². The molecule has 1 N–H and O–H groups in total. The largest absolute Gasteiger partial charge is 0.496 e. The first-order valence-corrected chi connectivity index (χ1v) is 11.0. The van der Waals surface area contributed by atoms with Crippen LogP contribution in [0.1, 0.15) is 56.6 Å². The first-order valence-electron chi connectivity index (χ1n) is 11.0. The van der Waals surface area contributed by atoms with E-state index in [1.54, 1.807) is 7.11 Å². The van der Waals surface area contributed by atoms with Crippen LogP contribution >= 0.6 is 0 Å². The second kappa shape index (κ2) is 9.03. The average Bonchev–Trinajstić information content (AvgIpc) is 2.78. The molecule has 2 aromatic carbocycles. The quantitative estimate of drug-likeness (QED) is 0.675. The summed E-state index contributed by atoms with van der Waals surface area (Å²) in [6, 6.07) is 17.7. The third kappa shape index (κ3) is 4.07. The fourth-order valence-electron chi connectivity index (χ4n) is 4.76. The van der Waals surface area contributed by atoms with Gasteiger partial charge < -0.3 is 14.8 Å². The van der Waals surface area contributed by atoms with Crippen LogP contribution in [0.4, 0.5) is 0 Å². The van der Waals surface area contributed by atoms with Crippen molar-refractivity contribution in [3.8, 4) is 5.75 Å². The maximum Gasteiger partial charge on any atom is 0.337 e. The van der Waals surface area contributed by atoms with Gasteiger partial charge in [-0.2, -0.15) is 0 Å². The molecular weight excluding hydrogens is 402 g/mol. The summed E-state index contributed by atoms with van der Waals surface area (Å²) >= 11 is 0. The summed E-state index contributed by atoms with van der Waals surface area (Å²) in [5, 5.41) is 3.39. The highest BCUT2D eigenvalue weighted by molar-refractivity contribution is 6.04. The molecule has 0 saturated carbocycles. The van der Waals surface area contributed by atoms with Crippen molar-refractivity contribution in [2.45, 2.75) is 51.6 Å². The Kier molecular flexibility index (Phi) is 6.17. The molecule has 2 atom stereocenters. The Morgan fingerprint density at radius 1 is 1.03 bits per heavy atom. The van der Waals surface area contributed by atoms with Crippen molar-refractivity contribution < 1.29 is 19.1 Å². The van der Waals surface area contributed by atoms with Gasteiger partial charge >= 0.3 is 5.97 Å². The monoisotopic (exact) mass is 431 g/mol. The maximum absolute atomic E-state index is 13.6. The van der Waals surface area contributed by atoms with Crippen molar-refractivity contribution >= 4 is 11.8 Å². The van der Waals surface area contributed by atoms with Crippen LogP contribution in [0.3, 0.4) is 0 Å². The lowest BCUT2D eigenvalue weighted by Gasteiger charge is -2.37. The number of carbonyl (C=O) groups excluding carboxylic acids is 2. The second-order valence-electron chi connectivity index (χ2n) is 8.62. The number of dihydropyridines is 1. The van der Waals surface area contributed by atoms with Crippen LogP contribution in [-0.2, 0) is 14.3 Å². The second-order valence-corrected chi connectivity index (χ2v) is 8.62. The molecular formula is C27H29NO4. The third-order valence-corrected chi connectivity index (χ3v) is 6.11. The van der Waals surface area contributed by atoms with Gasteiger partial charge in [0.25, 0.3) is 0 Å². The number of nitrogens with one attached hydrogen (secondary N) is 1. The number of ether oxygens (including phenoxy) is 2. The zero-order valence-electron chi connectivity index (χ0n) is 19.0. The predicted molar refractivity (Wildman–Crippen MR) is 123 cm³/mol. The lowest BCUT2D eigenvalue weighted by molar-refractivity contribution is -0.143. The van der Waals surface area contributed by atoms with Crippen LogP contribution < -0.4 is 10.1 Å². The molecule has 32 heavy (non-hydrogen) atoms. The lowest BCUT2D eigenvalue weighted by atomic mass is 9.71. The van der Waals surface area contributed by atoms with Gasteiger partial charge in [0.2, 0.25) is 0 Å². The van der Waals surface area contributed by atoms with E-state index in [2.05, 4.69) is 17.4 Å². The summed E-state index contributed by atoms with van der Waals surface area (Å²) in [5.74, 6) is -0.147. The molecule has 1 aliphatic carbocycles. The third-order valence-electron chi connectivity index (χ3n) is 6.11. The molecule has 0 saturated heterocycles. The van der Waals surface area contributed by atoms with Crippen molar-refractivity contribution in [3.63, 3.8) is 0 Å². The summed E-state index contributed by atoms with van der Waals surface area (Å²) < 4.78 is 11.2. The topological polar surface area (TPSA) is 64.6 Å². The van der Waals surface area contributed by atoms with E-state index in [1.165, 1.54) is 0 Å². The molecule has 5 heteroatoms. The van der Waals surface area contributed by atoms with Crippen LogP contribution in [0.25, 0.3) is 0 Å². The van der Waals surface area contributed by atoms with Gasteiger partial charge in [0.05, 0.1) is 24.7 Å². The summed E-state index contributed by atoms with van der Waals surface area (Å²) in [4.78, 5) is 26.8. The molecule has 166 valence electrons. The molecule has 1 aliphatic heterocycles. The molecule has 0 unspecified atom stereocenters. The van der Waals surface area contributed by atoms with Crippen molar-refractivity contribution in [2.75, 3.05) is 7.11 Å². The number of benzene rings is 2. The highest BCUT2D eigenvalue weighted by Crippen LogP contribution is 2.47. The van der Waals surface area contributed by atoms with E-state index >= 15 is 0 Å². The first-order chi connectivity index (χ1) is 15.4. The molecule has 0 spiro atoms. The molecule has 0 amide bonds. The maximum atomic E-state index is 13.6. The van der Waals surface area contributed by atoms with E-state index in [9.17, 15) is 9.59 Å². The number of methoxy groups -OCH3 is 1. The van der Waals surface area contributed by atoms with E-state index in [1.807, 2.05) is 63.2 Å². The highest BCUT2D eigenvalue weighted by Gasteiger charge is 2.42. The summed E-state index contributed by atoms with van der Waals surface area (Å²) in [6.45, 7) is 5.52. The van der Waals surface area contributed by atoms with Gasteiger partial charge in [-0.05, 0) is 44.7 Å². The predicted octanol–water partition coefficient (Wildman–Crippen LogP) is 5.01. The van der Waals surface area contributed by atoms with Gasteiger partial charge in [0.1, 0.15) is 5.75 Å². The van der Waals surface area contributed by atoms with Crippen molar-refractivity contribution in [3.05, 3.63) is 88.3 Å². The molecule has 0 fully saturated rings. The van der Waals surface area contributed by atoms with Crippen LogP contribution in [0.15, 0.2) is 77.1 Å². The minimum absolute atomic E-state index is 0.0471. The normalized spacial score (nSPS) is 20.7. The smallest absolute Gasteiger partial charge is 0.337 e. The number of allylic oxidation sites excluding steroid dienone is 3. The number of rotatable bonds is 5. The van der Waals surface area contributed by atoms with Crippen molar-refractivity contribution in [1.82, 2.24) is 5.32 Å². The molecule has 2 aliphatic rings. The Bertz CT molecular complexity index is 1100. The van der Waals surface area contributed by atoms with Crippen LogP contribution in [0.2, 0.25) is 0 Å². The highest BCUT2D eigenvalue weighted by atomic mass is 16.5. The molecule has 4 rings (SSSR count). The number of hydrogen-bond acceptors (Lipinski definition) is 5. The van der Waals surface area contributed by atoms with Crippen molar-refractivity contribution in [2.24, 2.45) is 0 Å². The zero-order chi connectivity index (χ0) is 22.8. The van der Waals surface area contributed by atoms with E-state index in [0.29, 0.717) is 35.4 Å². The number of esters is 1. The first kappa shape index (κ1) is 21.9. The summed E-state index contributed by atoms with van der Waals surface area (Å²) in [5.41, 5.74) is 4.65. The van der Waals surface area contributed by atoms with Gasteiger partial charge in [0, 0.05) is 29.0 Å². The number of ketones is 1. The number of Topliss-reactive ketones (excluding diaryl/α,β-unsaturated/α-hetero) is 1. The van der Waals surface area contributed by atoms with Crippen LogP contribution in [0, 0.1) is 0 Å². The van der Waals surface area contributed by atoms with Gasteiger partial charge in [-0.25, -0.2) is 4.79 Å². The Hall–Kier alpha value is -3.34. The van der Waals surface area contributed by atoms with E-state index < -0.39 is 11.9 Å². The number of carbonyl (C=O) groups is 2. The Labute approximate surface area is 189 Å². The van der Waals surface area contributed by atoms with E-state index in [-0.39, 0.29) is 17.8 Å². The molecule has 0 bridgehead atoms. The van der Waals surface area contributed by atoms with Crippen LogP contribution in [0.5, 0.6) is 5.75 Å². The molecule has 0 aromatic heterocycles. The Morgan fingerprint density at radius 2 is 1.72 bits per heavy atom. The fraction of sp³-hybridized carbons (Fsp3) is 0.333.